The maximum absolute atomic E-state index is 12.8. The first kappa shape index (κ1) is 13.9. The van der Waals surface area contributed by atoms with Crippen molar-refractivity contribution in [1.29, 1.82) is 0 Å². The standard InChI is InChI=1S/C12H15FN2O.ClH/c1-8(16)15-7-6-11(14)12(15)9-2-4-10(13)5-3-9;/h2-5,11-12H,6-7,14H2,1H3;1H. The average Bonchev–Trinajstić information content (AvgIpc) is 2.62. The number of amides is 1. The topological polar surface area (TPSA) is 46.3 Å². The molecule has 2 N–H and O–H groups in total. The van der Waals surface area contributed by atoms with Crippen LogP contribution in [-0.2, 0) is 4.79 Å². The van der Waals surface area contributed by atoms with Crippen LogP contribution >= 0.6 is 12.4 Å². The molecule has 1 saturated heterocycles. The van der Waals surface area contributed by atoms with E-state index in [0.717, 1.165) is 12.0 Å². The molecule has 2 unspecified atom stereocenters. The predicted octanol–water partition coefficient (Wildman–Crippen LogP) is 1.87. The van der Waals surface area contributed by atoms with Gasteiger partial charge in [-0.15, -0.1) is 12.4 Å². The lowest BCUT2D eigenvalue weighted by Crippen LogP contribution is -2.34. The summed E-state index contributed by atoms with van der Waals surface area (Å²) in [6.45, 7) is 2.22. The maximum Gasteiger partial charge on any atom is 0.220 e. The van der Waals surface area contributed by atoms with Gasteiger partial charge in [0.25, 0.3) is 0 Å². The first-order valence-electron chi connectivity index (χ1n) is 5.38. The number of likely N-dealkylation sites (tertiary alicyclic amines) is 1. The van der Waals surface area contributed by atoms with Gasteiger partial charge < -0.3 is 10.6 Å². The Morgan fingerprint density at radius 2 is 2.00 bits per heavy atom. The van der Waals surface area contributed by atoms with Crippen LogP contribution < -0.4 is 5.73 Å². The number of halogens is 2. The van der Waals surface area contributed by atoms with Crippen molar-refractivity contribution in [3.05, 3.63) is 35.6 Å². The summed E-state index contributed by atoms with van der Waals surface area (Å²) in [4.78, 5) is 13.2. The summed E-state index contributed by atoms with van der Waals surface area (Å²) in [5.41, 5.74) is 6.89. The Morgan fingerprint density at radius 3 is 2.53 bits per heavy atom. The normalized spacial score (nSPS) is 23.4. The molecule has 5 heteroatoms. The molecule has 1 aromatic rings. The number of hydrogen-bond donors (Lipinski definition) is 1. The minimum Gasteiger partial charge on any atom is -0.334 e. The van der Waals surface area contributed by atoms with Crippen molar-refractivity contribution in [3.8, 4) is 0 Å². The molecule has 1 amide bonds. The van der Waals surface area contributed by atoms with E-state index in [9.17, 15) is 9.18 Å². The Hall–Kier alpha value is -1.13. The molecule has 0 aliphatic carbocycles. The Morgan fingerprint density at radius 1 is 1.41 bits per heavy atom. The molecule has 3 nitrogen and oxygen atoms in total. The van der Waals surface area contributed by atoms with Crippen LogP contribution in [0.2, 0.25) is 0 Å². The molecular weight excluding hydrogens is 243 g/mol. The first-order valence-corrected chi connectivity index (χ1v) is 5.38. The Bertz CT molecular complexity index is 396. The minimum atomic E-state index is -0.273. The highest BCUT2D eigenvalue weighted by atomic mass is 35.5. The van der Waals surface area contributed by atoms with Gasteiger partial charge in [0, 0.05) is 19.5 Å². The molecule has 94 valence electrons. The fourth-order valence-corrected chi connectivity index (χ4v) is 2.26. The molecular formula is C12H16ClFN2O. The number of hydrogen-bond acceptors (Lipinski definition) is 2. The monoisotopic (exact) mass is 258 g/mol. The van der Waals surface area contributed by atoms with E-state index in [-0.39, 0.29) is 36.2 Å². The van der Waals surface area contributed by atoms with Gasteiger partial charge in [0.05, 0.1) is 6.04 Å². The van der Waals surface area contributed by atoms with Gasteiger partial charge in [-0.1, -0.05) is 12.1 Å². The second-order valence-electron chi connectivity index (χ2n) is 4.16. The van der Waals surface area contributed by atoms with Crippen LogP contribution in [0.1, 0.15) is 24.9 Å². The van der Waals surface area contributed by atoms with Crippen LogP contribution in [-0.4, -0.2) is 23.4 Å². The van der Waals surface area contributed by atoms with Gasteiger partial charge in [0.2, 0.25) is 5.91 Å². The van der Waals surface area contributed by atoms with Crippen LogP contribution in [0.25, 0.3) is 0 Å². The zero-order chi connectivity index (χ0) is 11.7. The zero-order valence-electron chi connectivity index (χ0n) is 9.60. The van der Waals surface area contributed by atoms with Crippen LogP contribution in [0.3, 0.4) is 0 Å². The SMILES string of the molecule is CC(=O)N1CCC(N)C1c1ccc(F)cc1.Cl. The number of benzene rings is 1. The molecule has 1 fully saturated rings. The van der Waals surface area contributed by atoms with E-state index in [0.29, 0.717) is 6.54 Å². The number of rotatable bonds is 1. The number of nitrogens with two attached hydrogens (primary N) is 1. The highest BCUT2D eigenvalue weighted by Gasteiger charge is 2.34. The molecule has 1 aromatic carbocycles. The van der Waals surface area contributed by atoms with Gasteiger partial charge >= 0.3 is 0 Å². The Kier molecular flexibility index (Phi) is 4.48. The second-order valence-corrected chi connectivity index (χ2v) is 4.16. The van der Waals surface area contributed by atoms with Crippen LogP contribution in [0.4, 0.5) is 4.39 Å². The molecule has 1 heterocycles. The van der Waals surface area contributed by atoms with Gasteiger partial charge in [-0.2, -0.15) is 0 Å². The predicted molar refractivity (Wildman–Crippen MR) is 66.4 cm³/mol. The summed E-state index contributed by atoms with van der Waals surface area (Å²) in [5.74, 6) is -0.257. The third kappa shape index (κ3) is 2.76. The Balaban J connectivity index is 0.00000144. The van der Waals surface area contributed by atoms with E-state index in [1.807, 2.05) is 0 Å². The van der Waals surface area contributed by atoms with E-state index < -0.39 is 0 Å². The maximum atomic E-state index is 12.8. The van der Waals surface area contributed by atoms with Crippen LogP contribution in [0.15, 0.2) is 24.3 Å². The van der Waals surface area contributed by atoms with Crippen molar-refractivity contribution in [3.63, 3.8) is 0 Å². The van der Waals surface area contributed by atoms with Crippen molar-refractivity contribution < 1.29 is 9.18 Å². The van der Waals surface area contributed by atoms with E-state index in [1.165, 1.54) is 19.1 Å². The smallest absolute Gasteiger partial charge is 0.220 e. The fraction of sp³-hybridized carbons (Fsp3) is 0.417. The lowest BCUT2D eigenvalue weighted by molar-refractivity contribution is -0.129. The highest BCUT2D eigenvalue weighted by molar-refractivity contribution is 5.85. The second kappa shape index (κ2) is 5.47. The first-order chi connectivity index (χ1) is 7.59. The lowest BCUT2D eigenvalue weighted by Gasteiger charge is -2.26. The van der Waals surface area contributed by atoms with Crippen molar-refractivity contribution in [1.82, 2.24) is 4.90 Å². The number of carbonyl (C=O) groups excluding carboxylic acids is 1. The number of nitrogens with zero attached hydrogens (tertiary/aromatic N) is 1. The van der Waals surface area contributed by atoms with Crippen molar-refractivity contribution in [2.24, 2.45) is 5.73 Å². The third-order valence-corrected chi connectivity index (χ3v) is 3.06. The third-order valence-electron chi connectivity index (χ3n) is 3.06. The molecule has 0 bridgehead atoms. The van der Waals surface area contributed by atoms with Crippen LogP contribution in [0.5, 0.6) is 0 Å². The highest BCUT2D eigenvalue weighted by Crippen LogP contribution is 2.31. The summed E-state index contributed by atoms with van der Waals surface area (Å²) in [6.07, 6.45) is 0.793. The van der Waals surface area contributed by atoms with Crippen LogP contribution in [0, 0.1) is 5.82 Å². The molecule has 1 aliphatic heterocycles. The molecule has 0 aromatic heterocycles. The Labute approximate surface area is 106 Å². The van der Waals surface area contributed by atoms with E-state index >= 15 is 0 Å². The number of carbonyl (C=O) groups is 1. The average molecular weight is 259 g/mol. The van der Waals surface area contributed by atoms with E-state index in [1.54, 1.807) is 17.0 Å². The molecule has 0 spiro atoms. The van der Waals surface area contributed by atoms with Gasteiger partial charge in [-0.05, 0) is 24.1 Å². The largest absolute Gasteiger partial charge is 0.334 e. The molecule has 0 radical (unpaired) electrons. The summed E-state index contributed by atoms with van der Waals surface area (Å²) in [7, 11) is 0. The molecule has 0 saturated carbocycles. The summed E-state index contributed by atoms with van der Waals surface area (Å²) in [6, 6.07) is 6.02. The summed E-state index contributed by atoms with van der Waals surface area (Å²) < 4.78 is 12.8. The zero-order valence-corrected chi connectivity index (χ0v) is 10.4. The molecule has 2 atom stereocenters. The molecule has 1 aliphatic rings. The summed E-state index contributed by atoms with van der Waals surface area (Å²) >= 11 is 0. The van der Waals surface area contributed by atoms with E-state index in [4.69, 9.17) is 5.73 Å². The van der Waals surface area contributed by atoms with Gasteiger partial charge in [0.1, 0.15) is 5.82 Å². The van der Waals surface area contributed by atoms with Crippen molar-refractivity contribution >= 4 is 18.3 Å². The summed E-state index contributed by atoms with van der Waals surface area (Å²) in [5, 5.41) is 0. The van der Waals surface area contributed by atoms with Crippen molar-refractivity contribution in [2.45, 2.75) is 25.4 Å². The minimum absolute atomic E-state index is 0. The molecule has 2 rings (SSSR count). The lowest BCUT2D eigenvalue weighted by atomic mass is 10.0. The van der Waals surface area contributed by atoms with Gasteiger partial charge in [-0.25, -0.2) is 4.39 Å². The fourth-order valence-electron chi connectivity index (χ4n) is 2.26. The quantitative estimate of drug-likeness (QED) is 0.836. The van der Waals surface area contributed by atoms with Crippen molar-refractivity contribution in [2.75, 3.05) is 6.54 Å². The van der Waals surface area contributed by atoms with Gasteiger partial charge in [0.15, 0.2) is 0 Å². The van der Waals surface area contributed by atoms with Gasteiger partial charge in [-0.3, -0.25) is 4.79 Å². The van der Waals surface area contributed by atoms with E-state index in [2.05, 4.69) is 0 Å². The molecule has 17 heavy (non-hydrogen) atoms.